The third-order valence-corrected chi connectivity index (χ3v) is 6.43. The lowest BCUT2D eigenvalue weighted by Gasteiger charge is -2.16. The molecule has 1 amide bonds. The summed E-state index contributed by atoms with van der Waals surface area (Å²) in [4.78, 5) is 29.1. The van der Waals surface area contributed by atoms with Gasteiger partial charge in [-0.3, -0.25) is 9.59 Å². The molecule has 1 heterocycles. The number of anilines is 3. The molecule has 0 bridgehead atoms. The average Bonchev–Trinajstić information content (AvgIpc) is 3.43. The Morgan fingerprint density at radius 2 is 1.64 bits per heavy atom. The first-order valence-corrected chi connectivity index (χ1v) is 13.0. The van der Waals surface area contributed by atoms with Gasteiger partial charge in [0.25, 0.3) is 0 Å². The summed E-state index contributed by atoms with van der Waals surface area (Å²) in [6, 6.07) is 30.2. The van der Waals surface area contributed by atoms with Crippen LogP contribution in [0.2, 0.25) is 0 Å². The molecule has 7 heteroatoms. The second-order valence-electron chi connectivity index (χ2n) is 9.11. The van der Waals surface area contributed by atoms with E-state index in [2.05, 4.69) is 44.5 Å². The maximum atomic E-state index is 12.6. The predicted octanol–water partition coefficient (Wildman–Crippen LogP) is 6.45. The number of rotatable bonds is 10. The van der Waals surface area contributed by atoms with Crippen LogP contribution in [-0.2, 0) is 27.2 Å². The number of nitrogens with zero attached hydrogens (tertiary/aromatic N) is 2. The highest BCUT2D eigenvalue weighted by molar-refractivity contribution is 6.10. The molecule has 0 fully saturated rings. The largest absolute Gasteiger partial charge is 0.466 e. The summed E-state index contributed by atoms with van der Waals surface area (Å²) in [6.45, 7) is 1.95. The summed E-state index contributed by atoms with van der Waals surface area (Å²) in [5, 5.41) is 8.20. The zero-order valence-corrected chi connectivity index (χ0v) is 21.8. The number of imidazole rings is 1. The van der Waals surface area contributed by atoms with E-state index in [-0.39, 0.29) is 13.0 Å². The smallest absolute Gasteiger partial charge is 0.315 e. The molecule has 0 atom stereocenters. The average molecular weight is 519 g/mol. The number of hydrogen-bond acceptors (Lipinski definition) is 5. The Hall–Kier alpha value is -4.91. The van der Waals surface area contributed by atoms with E-state index in [1.54, 1.807) is 6.92 Å². The minimum atomic E-state index is -0.553. The van der Waals surface area contributed by atoms with Gasteiger partial charge in [-0.15, -0.1) is 0 Å². The molecule has 0 aliphatic carbocycles. The second kappa shape index (κ2) is 12.1. The third-order valence-electron chi connectivity index (χ3n) is 6.43. The Bertz CT molecular complexity index is 1580. The zero-order valence-electron chi connectivity index (χ0n) is 21.8. The van der Waals surface area contributed by atoms with Crippen molar-refractivity contribution in [3.05, 3.63) is 115 Å². The standard InChI is InChI=1S/C32H30N4O3/c1-2-39-31(38)22-30(37)35-32-27-11-7-6-10-24(27)13-18-28(32)34-25-14-16-26(17-15-25)36-21-20-33-29(36)19-12-23-8-4-3-5-9-23/h3-11,13-18,20-21,34H,2,12,19,22H2,1H3,(H,35,37). The van der Waals surface area contributed by atoms with E-state index in [1.807, 2.05) is 79.1 Å². The Balaban J connectivity index is 1.34. The van der Waals surface area contributed by atoms with Crippen molar-refractivity contribution in [2.45, 2.75) is 26.2 Å². The predicted molar refractivity (Wildman–Crippen MR) is 155 cm³/mol. The molecule has 4 aromatic carbocycles. The Kier molecular flexibility index (Phi) is 7.98. The lowest BCUT2D eigenvalue weighted by atomic mass is 10.1. The maximum Gasteiger partial charge on any atom is 0.315 e. The zero-order chi connectivity index (χ0) is 27.0. The van der Waals surface area contributed by atoms with Gasteiger partial charge in [-0.25, -0.2) is 4.98 Å². The molecule has 7 nitrogen and oxygen atoms in total. The van der Waals surface area contributed by atoms with E-state index in [1.165, 1.54) is 5.56 Å². The molecule has 1 aromatic heterocycles. The second-order valence-corrected chi connectivity index (χ2v) is 9.11. The van der Waals surface area contributed by atoms with Gasteiger partial charge in [0.05, 0.1) is 18.0 Å². The molecular formula is C32H30N4O3. The summed E-state index contributed by atoms with van der Waals surface area (Å²) in [6.07, 6.45) is 5.21. The molecule has 0 unspecified atom stereocenters. The molecule has 2 N–H and O–H groups in total. The van der Waals surface area contributed by atoms with Gasteiger partial charge < -0.3 is 19.9 Å². The van der Waals surface area contributed by atoms with Gasteiger partial charge in [-0.1, -0.05) is 60.7 Å². The summed E-state index contributed by atoms with van der Waals surface area (Å²) < 4.78 is 7.03. The Labute approximate surface area is 227 Å². The minimum Gasteiger partial charge on any atom is -0.466 e. The molecule has 0 saturated heterocycles. The van der Waals surface area contributed by atoms with Crippen LogP contribution in [0.3, 0.4) is 0 Å². The fraction of sp³-hybridized carbons (Fsp3) is 0.156. The number of aryl methyl sites for hydroxylation is 2. The number of esters is 1. The monoisotopic (exact) mass is 518 g/mol. The summed E-state index contributed by atoms with van der Waals surface area (Å²) in [5.41, 5.74) is 4.50. The molecule has 0 aliphatic rings. The van der Waals surface area contributed by atoms with E-state index in [0.717, 1.165) is 46.5 Å². The van der Waals surface area contributed by atoms with E-state index in [9.17, 15) is 9.59 Å². The Morgan fingerprint density at radius 3 is 2.44 bits per heavy atom. The van der Waals surface area contributed by atoms with Crippen molar-refractivity contribution >= 4 is 39.7 Å². The maximum absolute atomic E-state index is 12.6. The first-order valence-electron chi connectivity index (χ1n) is 13.0. The number of hydrogen-bond donors (Lipinski definition) is 2. The number of benzene rings is 4. The van der Waals surface area contributed by atoms with E-state index >= 15 is 0 Å². The van der Waals surface area contributed by atoms with Crippen molar-refractivity contribution in [2.75, 3.05) is 17.2 Å². The van der Waals surface area contributed by atoms with Gasteiger partial charge in [0.2, 0.25) is 5.91 Å². The van der Waals surface area contributed by atoms with E-state index in [0.29, 0.717) is 5.69 Å². The topological polar surface area (TPSA) is 85.3 Å². The van der Waals surface area contributed by atoms with Crippen LogP contribution >= 0.6 is 0 Å². The first-order chi connectivity index (χ1) is 19.1. The summed E-state index contributed by atoms with van der Waals surface area (Å²) in [7, 11) is 0. The lowest BCUT2D eigenvalue weighted by Crippen LogP contribution is -2.19. The van der Waals surface area contributed by atoms with Crippen LogP contribution in [0.5, 0.6) is 0 Å². The van der Waals surface area contributed by atoms with Crippen LogP contribution in [0.25, 0.3) is 16.5 Å². The third kappa shape index (κ3) is 6.33. The van der Waals surface area contributed by atoms with Crippen molar-refractivity contribution in [1.82, 2.24) is 9.55 Å². The minimum absolute atomic E-state index is 0.233. The molecule has 5 rings (SSSR count). The number of ether oxygens (including phenoxy) is 1. The van der Waals surface area contributed by atoms with Crippen LogP contribution < -0.4 is 10.6 Å². The van der Waals surface area contributed by atoms with Gasteiger partial charge in [0.1, 0.15) is 12.2 Å². The molecular weight excluding hydrogens is 488 g/mol. The Morgan fingerprint density at radius 1 is 0.872 bits per heavy atom. The first kappa shape index (κ1) is 25.7. The van der Waals surface area contributed by atoms with Crippen LogP contribution in [0.4, 0.5) is 17.1 Å². The highest BCUT2D eigenvalue weighted by Crippen LogP contribution is 2.34. The molecule has 0 aliphatic heterocycles. The number of carbonyl (C=O) groups excluding carboxylic acids is 2. The lowest BCUT2D eigenvalue weighted by molar-refractivity contribution is -0.145. The number of carbonyl (C=O) groups is 2. The van der Waals surface area contributed by atoms with Crippen LogP contribution in [0.1, 0.15) is 24.7 Å². The number of aromatic nitrogens is 2. The molecule has 0 spiro atoms. The number of amides is 1. The molecule has 5 aromatic rings. The van der Waals surface area contributed by atoms with Crippen molar-refractivity contribution in [3.8, 4) is 5.69 Å². The van der Waals surface area contributed by atoms with E-state index in [4.69, 9.17) is 4.74 Å². The van der Waals surface area contributed by atoms with Gasteiger partial charge in [-0.2, -0.15) is 0 Å². The summed E-state index contributed by atoms with van der Waals surface area (Å²) in [5.74, 6) is 0.0232. The molecule has 196 valence electrons. The summed E-state index contributed by atoms with van der Waals surface area (Å²) >= 11 is 0. The van der Waals surface area contributed by atoms with Gasteiger partial charge in [0.15, 0.2) is 0 Å². The molecule has 0 saturated carbocycles. The fourth-order valence-corrected chi connectivity index (χ4v) is 4.55. The van der Waals surface area contributed by atoms with Crippen molar-refractivity contribution in [2.24, 2.45) is 0 Å². The van der Waals surface area contributed by atoms with Gasteiger partial charge >= 0.3 is 5.97 Å². The van der Waals surface area contributed by atoms with Crippen molar-refractivity contribution in [3.63, 3.8) is 0 Å². The fourth-order valence-electron chi connectivity index (χ4n) is 4.55. The van der Waals surface area contributed by atoms with Crippen LogP contribution in [-0.4, -0.2) is 28.0 Å². The quantitative estimate of drug-likeness (QED) is 0.164. The highest BCUT2D eigenvalue weighted by Gasteiger charge is 2.15. The van der Waals surface area contributed by atoms with Gasteiger partial charge in [-0.05, 0) is 54.6 Å². The normalized spacial score (nSPS) is 10.8. The van der Waals surface area contributed by atoms with Crippen LogP contribution in [0.15, 0.2) is 103 Å². The number of nitrogens with one attached hydrogen (secondary N) is 2. The number of fused-ring (bicyclic) bond motifs is 1. The highest BCUT2D eigenvalue weighted by atomic mass is 16.5. The van der Waals surface area contributed by atoms with E-state index < -0.39 is 11.9 Å². The van der Waals surface area contributed by atoms with Crippen LogP contribution in [0, 0.1) is 0 Å². The molecule has 0 radical (unpaired) electrons. The van der Waals surface area contributed by atoms with Crippen molar-refractivity contribution < 1.29 is 14.3 Å². The SMILES string of the molecule is CCOC(=O)CC(=O)Nc1c(Nc2ccc(-n3ccnc3CCc3ccccc3)cc2)ccc2ccccc12. The van der Waals surface area contributed by atoms with Crippen molar-refractivity contribution in [1.29, 1.82) is 0 Å². The van der Waals surface area contributed by atoms with Gasteiger partial charge in [0, 0.05) is 35.6 Å². The molecule has 39 heavy (non-hydrogen) atoms.